The number of carbonyl (C=O) groups excluding carboxylic acids is 2. The van der Waals surface area contributed by atoms with Gasteiger partial charge in [-0.2, -0.15) is 5.10 Å². The van der Waals surface area contributed by atoms with Crippen LogP contribution < -0.4 is 0 Å². The molecule has 0 saturated carbocycles. The fourth-order valence-corrected chi connectivity index (χ4v) is 3.57. The first-order valence-corrected chi connectivity index (χ1v) is 9.65. The first-order valence-electron chi connectivity index (χ1n) is 9.65. The van der Waals surface area contributed by atoms with Gasteiger partial charge < -0.3 is 14.9 Å². The normalized spacial score (nSPS) is 17.4. The summed E-state index contributed by atoms with van der Waals surface area (Å²) in [5, 5.41) is 13.5. The molecule has 1 N–H and O–H groups in total. The molecule has 0 spiro atoms. The number of aliphatic carboxylic acids is 1. The number of rotatable bonds is 7. The van der Waals surface area contributed by atoms with Crippen LogP contribution in [0.15, 0.2) is 6.20 Å². The Hall–Kier alpha value is -2.38. The van der Waals surface area contributed by atoms with E-state index in [2.05, 4.69) is 12.0 Å². The van der Waals surface area contributed by atoms with Crippen molar-refractivity contribution in [1.82, 2.24) is 19.6 Å². The second-order valence-corrected chi connectivity index (χ2v) is 7.16. The number of hydrogen-bond donors (Lipinski definition) is 1. The molecule has 0 aliphatic carbocycles. The fraction of sp³-hybridized carbons (Fsp3) is 0.684. The number of carboxylic acid groups (broad SMARTS) is 1. The molecule has 2 rings (SSSR count). The third-order valence-corrected chi connectivity index (χ3v) is 5.05. The molecule has 1 saturated heterocycles. The smallest absolute Gasteiger partial charge is 0.323 e. The Morgan fingerprint density at radius 1 is 1.30 bits per heavy atom. The summed E-state index contributed by atoms with van der Waals surface area (Å²) >= 11 is 0. The molecule has 0 radical (unpaired) electrons. The maximum Gasteiger partial charge on any atom is 0.323 e. The highest BCUT2D eigenvalue weighted by Crippen LogP contribution is 2.20. The van der Waals surface area contributed by atoms with Gasteiger partial charge in [-0.1, -0.05) is 13.3 Å². The first kappa shape index (κ1) is 20.9. The van der Waals surface area contributed by atoms with Gasteiger partial charge in [-0.15, -0.1) is 0 Å². The third-order valence-electron chi connectivity index (χ3n) is 5.05. The van der Waals surface area contributed by atoms with Gasteiger partial charge in [0.1, 0.15) is 6.54 Å². The van der Waals surface area contributed by atoms with Crippen molar-refractivity contribution in [3.63, 3.8) is 0 Å². The van der Waals surface area contributed by atoms with E-state index in [1.165, 1.54) is 11.8 Å². The molecule has 2 heterocycles. The van der Waals surface area contributed by atoms with Crippen molar-refractivity contribution in [2.75, 3.05) is 19.6 Å². The Labute approximate surface area is 160 Å². The first-order chi connectivity index (χ1) is 12.8. The fourth-order valence-electron chi connectivity index (χ4n) is 3.57. The minimum Gasteiger partial charge on any atom is -0.480 e. The van der Waals surface area contributed by atoms with Crippen LogP contribution in [-0.2, 0) is 16.1 Å². The van der Waals surface area contributed by atoms with Gasteiger partial charge >= 0.3 is 5.97 Å². The van der Waals surface area contributed by atoms with Crippen LogP contribution in [0.4, 0.5) is 0 Å². The standard InChI is InChI=1S/C19H30N4O4/c1-4-5-10-22-12-17(14(2)20-22)19(27)21-9-6-7-16(8-11-21)23(15(3)24)13-18(25)26/h12,16H,4-11,13H2,1-3H3,(H,25,26). The van der Waals surface area contributed by atoms with Gasteiger partial charge in [-0.05, 0) is 32.6 Å². The molecule has 0 bridgehead atoms. The Morgan fingerprint density at radius 3 is 2.67 bits per heavy atom. The lowest BCUT2D eigenvalue weighted by atomic mass is 10.1. The van der Waals surface area contributed by atoms with Crippen LogP contribution in [0, 0.1) is 6.92 Å². The number of likely N-dealkylation sites (tertiary alicyclic amines) is 1. The summed E-state index contributed by atoms with van der Waals surface area (Å²) < 4.78 is 1.83. The minimum atomic E-state index is -1.02. The number of aryl methyl sites for hydroxylation is 2. The van der Waals surface area contributed by atoms with E-state index in [1.54, 1.807) is 4.90 Å². The predicted molar refractivity (Wildman–Crippen MR) is 100 cm³/mol. The molecule has 1 aromatic heterocycles. The highest BCUT2D eigenvalue weighted by molar-refractivity contribution is 5.95. The Balaban J connectivity index is 2.04. The van der Waals surface area contributed by atoms with E-state index in [0.717, 1.165) is 31.5 Å². The topological polar surface area (TPSA) is 95.7 Å². The number of nitrogens with zero attached hydrogens (tertiary/aromatic N) is 4. The SMILES string of the molecule is CCCCn1cc(C(=O)N2CCCC(N(CC(=O)O)C(C)=O)CC2)c(C)n1. The van der Waals surface area contributed by atoms with E-state index in [9.17, 15) is 14.4 Å². The molecule has 1 unspecified atom stereocenters. The van der Waals surface area contributed by atoms with Crippen molar-refractivity contribution in [2.45, 2.75) is 65.5 Å². The van der Waals surface area contributed by atoms with Gasteiger partial charge in [0.05, 0.1) is 11.3 Å². The average molecular weight is 378 g/mol. The molecule has 8 heteroatoms. The number of unbranched alkanes of at least 4 members (excludes halogenated alkanes) is 1. The van der Waals surface area contributed by atoms with E-state index in [0.29, 0.717) is 31.5 Å². The summed E-state index contributed by atoms with van der Waals surface area (Å²) in [4.78, 5) is 39.0. The molecule has 1 atom stereocenters. The largest absolute Gasteiger partial charge is 0.480 e. The zero-order valence-corrected chi connectivity index (χ0v) is 16.5. The average Bonchev–Trinajstić information content (AvgIpc) is 2.82. The molecular weight excluding hydrogens is 348 g/mol. The van der Waals surface area contributed by atoms with Crippen molar-refractivity contribution < 1.29 is 19.5 Å². The monoisotopic (exact) mass is 378 g/mol. The van der Waals surface area contributed by atoms with Crippen molar-refractivity contribution in [2.24, 2.45) is 0 Å². The highest BCUT2D eigenvalue weighted by atomic mass is 16.4. The zero-order valence-electron chi connectivity index (χ0n) is 16.5. The number of hydrogen-bond acceptors (Lipinski definition) is 4. The summed E-state index contributed by atoms with van der Waals surface area (Å²) in [5.41, 5.74) is 1.35. The van der Waals surface area contributed by atoms with Crippen molar-refractivity contribution >= 4 is 17.8 Å². The van der Waals surface area contributed by atoms with Crippen molar-refractivity contribution in [3.05, 3.63) is 17.5 Å². The van der Waals surface area contributed by atoms with Gasteiger partial charge in [-0.3, -0.25) is 19.1 Å². The van der Waals surface area contributed by atoms with Crippen molar-refractivity contribution in [1.29, 1.82) is 0 Å². The Morgan fingerprint density at radius 2 is 2.04 bits per heavy atom. The summed E-state index contributed by atoms with van der Waals surface area (Å²) in [6.07, 6.45) is 5.93. The predicted octanol–water partition coefficient (Wildman–Crippen LogP) is 1.92. The van der Waals surface area contributed by atoms with Gasteiger partial charge in [0.15, 0.2) is 0 Å². The third kappa shape index (κ3) is 5.55. The van der Waals surface area contributed by atoms with Gasteiger partial charge in [0, 0.05) is 38.8 Å². The molecule has 8 nitrogen and oxygen atoms in total. The van der Waals surface area contributed by atoms with Crippen LogP contribution in [0.3, 0.4) is 0 Å². The van der Waals surface area contributed by atoms with E-state index in [1.807, 2.05) is 17.8 Å². The van der Waals surface area contributed by atoms with Gasteiger partial charge in [-0.25, -0.2) is 0 Å². The molecule has 1 aliphatic heterocycles. The van der Waals surface area contributed by atoms with E-state index in [-0.39, 0.29) is 24.4 Å². The number of carbonyl (C=O) groups is 3. The van der Waals surface area contributed by atoms with E-state index < -0.39 is 5.97 Å². The van der Waals surface area contributed by atoms with Gasteiger partial charge in [0.25, 0.3) is 5.91 Å². The molecule has 1 aromatic rings. The highest BCUT2D eigenvalue weighted by Gasteiger charge is 2.28. The van der Waals surface area contributed by atoms with Crippen LogP contribution in [0.5, 0.6) is 0 Å². The van der Waals surface area contributed by atoms with Crippen LogP contribution in [0.2, 0.25) is 0 Å². The minimum absolute atomic E-state index is 0.0384. The maximum atomic E-state index is 12.9. The molecule has 150 valence electrons. The Bertz CT molecular complexity index is 685. The van der Waals surface area contributed by atoms with Crippen LogP contribution in [0.25, 0.3) is 0 Å². The summed E-state index contributed by atoms with van der Waals surface area (Å²) in [6.45, 7) is 6.98. The van der Waals surface area contributed by atoms with Gasteiger partial charge in [0.2, 0.25) is 5.91 Å². The number of amides is 2. The zero-order chi connectivity index (χ0) is 20.0. The van der Waals surface area contributed by atoms with E-state index >= 15 is 0 Å². The molecule has 0 aromatic carbocycles. The van der Waals surface area contributed by atoms with Crippen LogP contribution in [-0.4, -0.2) is 68.1 Å². The molecule has 27 heavy (non-hydrogen) atoms. The number of carboxylic acids is 1. The summed E-state index contributed by atoms with van der Waals surface area (Å²) in [6, 6.07) is -0.148. The quantitative estimate of drug-likeness (QED) is 0.782. The molecule has 2 amide bonds. The summed E-state index contributed by atoms with van der Waals surface area (Å²) in [7, 11) is 0. The second-order valence-electron chi connectivity index (χ2n) is 7.16. The lowest BCUT2D eigenvalue weighted by Crippen LogP contribution is -2.43. The van der Waals surface area contributed by atoms with Crippen LogP contribution >= 0.6 is 0 Å². The van der Waals surface area contributed by atoms with Crippen LogP contribution in [0.1, 0.15) is 62.0 Å². The molecule has 1 aliphatic rings. The Kier molecular flexibility index (Phi) is 7.38. The molecular formula is C19H30N4O4. The maximum absolute atomic E-state index is 12.9. The summed E-state index contributed by atoms with van der Waals surface area (Å²) in [5.74, 6) is -1.30. The molecule has 1 fully saturated rings. The number of aromatic nitrogens is 2. The van der Waals surface area contributed by atoms with E-state index in [4.69, 9.17) is 5.11 Å². The lowest BCUT2D eigenvalue weighted by Gasteiger charge is -2.28. The van der Waals surface area contributed by atoms with Crippen molar-refractivity contribution in [3.8, 4) is 0 Å². The lowest BCUT2D eigenvalue weighted by molar-refractivity contribution is -0.145. The second kappa shape index (κ2) is 9.53.